The Kier molecular flexibility index (Phi) is 5.91. The van der Waals surface area contributed by atoms with E-state index in [1.54, 1.807) is 36.5 Å². The molecule has 0 spiro atoms. The molecule has 0 aliphatic rings. The summed E-state index contributed by atoms with van der Waals surface area (Å²) < 4.78 is 34.3. The van der Waals surface area contributed by atoms with Gasteiger partial charge in [0.2, 0.25) is 5.88 Å². The highest BCUT2D eigenvalue weighted by Crippen LogP contribution is 2.13. The van der Waals surface area contributed by atoms with Crippen LogP contribution in [0, 0.1) is 6.92 Å². The van der Waals surface area contributed by atoms with Crippen molar-refractivity contribution in [2.24, 2.45) is 0 Å². The van der Waals surface area contributed by atoms with Gasteiger partial charge in [-0.3, -0.25) is 4.18 Å². The van der Waals surface area contributed by atoms with Crippen LogP contribution in [0.3, 0.4) is 0 Å². The zero-order valence-electron chi connectivity index (χ0n) is 12.4. The molecular weight excluding hydrogens is 302 g/mol. The molecule has 118 valence electrons. The van der Waals surface area contributed by atoms with Crippen molar-refractivity contribution in [3.05, 3.63) is 54.2 Å². The maximum Gasteiger partial charge on any atom is 0.296 e. The number of aromatic nitrogens is 1. The van der Waals surface area contributed by atoms with E-state index in [4.69, 9.17) is 8.92 Å². The third-order valence-corrected chi connectivity index (χ3v) is 4.30. The minimum absolute atomic E-state index is 0.141. The van der Waals surface area contributed by atoms with E-state index in [1.807, 2.05) is 19.1 Å². The van der Waals surface area contributed by atoms with Crippen molar-refractivity contribution in [3.63, 3.8) is 0 Å². The Bertz CT molecular complexity index is 669. The zero-order valence-corrected chi connectivity index (χ0v) is 13.3. The monoisotopic (exact) mass is 321 g/mol. The molecule has 5 nitrogen and oxygen atoms in total. The van der Waals surface area contributed by atoms with E-state index in [0.29, 0.717) is 25.3 Å². The van der Waals surface area contributed by atoms with E-state index >= 15 is 0 Å². The summed E-state index contributed by atoms with van der Waals surface area (Å²) in [5.74, 6) is 0.565. The summed E-state index contributed by atoms with van der Waals surface area (Å²) in [4.78, 5) is 4.22. The minimum atomic E-state index is -3.67. The van der Waals surface area contributed by atoms with Crippen LogP contribution in [-0.2, 0) is 14.3 Å². The van der Waals surface area contributed by atoms with Gasteiger partial charge in [-0.1, -0.05) is 23.8 Å². The standard InChI is InChI=1S/C16H19NO4S/c1-14-7-9-15(10-8-14)22(18,19)21-13-5-4-12-20-16-6-2-3-11-17-16/h2-3,6-11H,4-5,12-13H2,1H3. The lowest BCUT2D eigenvalue weighted by Gasteiger charge is -2.07. The van der Waals surface area contributed by atoms with E-state index in [0.717, 1.165) is 5.56 Å². The molecule has 0 radical (unpaired) electrons. The lowest BCUT2D eigenvalue weighted by atomic mass is 10.2. The largest absolute Gasteiger partial charge is 0.478 e. The molecule has 0 unspecified atom stereocenters. The molecule has 0 atom stereocenters. The number of hydrogen-bond donors (Lipinski definition) is 0. The Morgan fingerprint density at radius 2 is 1.73 bits per heavy atom. The molecule has 0 amide bonds. The number of aryl methyl sites for hydroxylation is 1. The summed E-state index contributed by atoms with van der Waals surface area (Å²) in [6, 6.07) is 12.0. The molecule has 1 aromatic carbocycles. The fourth-order valence-electron chi connectivity index (χ4n) is 1.75. The molecule has 2 rings (SSSR count). The lowest BCUT2D eigenvalue weighted by molar-refractivity contribution is 0.263. The summed E-state index contributed by atoms with van der Waals surface area (Å²) in [6.07, 6.45) is 2.95. The smallest absolute Gasteiger partial charge is 0.296 e. The molecule has 0 saturated heterocycles. The van der Waals surface area contributed by atoms with Crippen LogP contribution in [0.2, 0.25) is 0 Å². The first kappa shape index (κ1) is 16.5. The second-order valence-corrected chi connectivity index (χ2v) is 6.43. The van der Waals surface area contributed by atoms with Crippen LogP contribution in [0.1, 0.15) is 18.4 Å². The number of rotatable bonds is 8. The molecule has 0 N–H and O–H groups in total. The van der Waals surface area contributed by atoms with Crippen LogP contribution in [0.4, 0.5) is 0 Å². The number of unbranched alkanes of at least 4 members (excludes halogenated alkanes) is 1. The summed E-state index contributed by atoms with van der Waals surface area (Å²) in [7, 11) is -3.67. The number of hydrogen-bond acceptors (Lipinski definition) is 5. The zero-order chi connectivity index (χ0) is 15.8. The summed E-state index contributed by atoms with van der Waals surface area (Å²) in [6.45, 7) is 2.52. The first-order valence-electron chi connectivity index (χ1n) is 7.08. The van der Waals surface area contributed by atoms with E-state index in [-0.39, 0.29) is 11.5 Å². The summed E-state index contributed by atoms with van der Waals surface area (Å²) >= 11 is 0. The SMILES string of the molecule is Cc1ccc(S(=O)(=O)OCCCCOc2ccccn2)cc1. The van der Waals surface area contributed by atoms with Crippen molar-refractivity contribution >= 4 is 10.1 Å². The average Bonchev–Trinajstić information content (AvgIpc) is 2.52. The fourth-order valence-corrected chi connectivity index (χ4v) is 2.70. The number of pyridine rings is 1. The van der Waals surface area contributed by atoms with Crippen LogP contribution in [0.15, 0.2) is 53.6 Å². The molecule has 22 heavy (non-hydrogen) atoms. The van der Waals surface area contributed by atoms with Crippen molar-refractivity contribution < 1.29 is 17.3 Å². The van der Waals surface area contributed by atoms with Crippen molar-refractivity contribution in [1.29, 1.82) is 0 Å². The van der Waals surface area contributed by atoms with Crippen LogP contribution >= 0.6 is 0 Å². The van der Waals surface area contributed by atoms with Gasteiger partial charge < -0.3 is 4.74 Å². The van der Waals surface area contributed by atoms with Crippen molar-refractivity contribution in [1.82, 2.24) is 4.98 Å². The second kappa shape index (κ2) is 7.91. The first-order valence-corrected chi connectivity index (χ1v) is 8.49. The van der Waals surface area contributed by atoms with Gasteiger partial charge in [0, 0.05) is 12.3 Å². The van der Waals surface area contributed by atoms with Gasteiger partial charge in [0.15, 0.2) is 0 Å². The minimum Gasteiger partial charge on any atom is -0.478 e. The highest BCUT2D eigenvalue weighted by atomic mass is 32.2. The van der Waals surface area contributed by atoms with Crippen LogP contribution < -0.4 is 4.74 Å². The molecule has 2 aromatic rings. The van der Waals surface area contributed by atoms with Gasteiger partial charge in [-0.2, -0.15) is 8.42 Å². The summed E-state index contributed by atoms with van der Waals surface area (Å²) in [5, 5.41) is 0. The van der Waals surface area contributed by atoms with Gasteiger partial charge in [0.25, 0.3) is 10.1 Å². The second-order valence-electron chi connectivity index (χ2n) is 4.81. The van der Waals surface area contributed by atoms with E-state index in [9.17, 15) is 8.42 Å². The van der Waals surface area contributed by atoms with Gasteiger partial charge >= 0.3 is 0 Å². The van der Waals surface area contributed by atoms with E-state index < -0.39 is 10.1 Å². The Morgan fingerprint density at radius 1 is 1.00 bits per heavy atom. The lowest BCUT2D eigenvalue weighted by Crippen LogP contribution is -2.08. The summed E-state index contributed by atoms with van der Waals surface area (Å²) in [5.41, 5.74) is 1.01. The third-order valence-electron chi connectivity index (χ3n) is 2.97. The molecule has 1 heterocycles. The normalized spacial score (nSPS) is 11.3. The Balaban J connectivity index is 1.68. The van der Waals surface area contributed by atoms with Crippen LogP contribution in [0.25, 0.3) is 0 Å². The number of ether oxygens (including phenoxy) is 1. The molecule has 6 heteroatoms. The molecular formula is C16H19NO4S. The Morgan fingerprint density at radius 3 is 2.41 bits per heavy atom. The quantitative estimate of drug-likeness (QED) is 0.552. The predicted molar refractivity (Wildman–Crippen MR) is 83.3 cm³/mol. The van der Waals surface area contributed by atoms with Crippen LogP contribution in [-0.4, -0.2) is 26.6 Å². The van der Waals surface area contributed by atoms with Gasteiger partial charge in [-0.15, -0.1) is 0 Å². The highest BCUT2D eigenvalue weighted by molar-refractivity contribution is 7.86. The number of benzene rings is 1. The third kappa shape index (κ3) is 5.13. The highest BCUT2D eigenvalue weighted by Gasteiger charge is 2.14. The fraction of sp³-hybridized carbons (Fsp3) is 0.312. The predicted octanol–water partition coefficient (Wildman–Crippen LogP) is 2.95. The first-order chi connectivity index (χ1) is 10.6. The topological polar surface area (TPSA) is 65.5 Å². The van der Waals surface area contributed by atoms with Crippen molar-refractivity contribution in [3.8, 4) is 5.88 Å². The molecule has 0 aliphatic carbocycles. The molecule has 1 aromatic heterocycles. The van der Waals surface area contributed by atoms with Gasteiger partial charge in [-0.25, -0.2) is 4.98 Å². The van der Waals surface area contributed by atoms with Gasteiger partial charge in [0.05, 0.1) is 18.1 Å². The molecule has 0 aliphatic heterocycles. The molecule has 0 saturated carbocycles. The number of nitrogens with zero attached hydrogens (tertiary/aromatic N) is 1. The van der Waals surface area contributed by atoms with E-state index in [1.165, 1.54) is 0 Å². The Hall–Kier alpha value is -1.92. The maximum absolute atomic E-state index is 11.9. The maximum atomic E-state index is 11.9. The van der Waals surface area contributed by atoms with Crippen LogP contribution in [0.5, 0.6) is 5.88 Å². The average molecular weight is 321 g/mol. The van der Waals surface area contributed by atoms with Crippen molar-refractivity contribution in [2.75, 3.05) is 13.2 Å². The van der Waals surface area contributed by atoms with E-state index in [2.05, 4.69) is 4.98 Å². The van der Waals surface area contributed by atoms with Crippen molar-refractivity contribution in [2.45, 2.75) is 24.7 Å². The molecule has 0 fully saturated rings. The van der Waals surface area contributed by atoms with Gasteiger partial charge in [0.1, 0.15) is 0 Å². The molecule has 0 bridgehead atoms. The Labute approximate surface area is 131 Å². The van der Waals surface area contributed by atoms with Gasteiger partial charge in [-0.05, 0) is 38.0 Å².